The molecule has 0 radical (unpaired) electrons. The molecule has 3 heterocycles. The molecule has 0 N–H and O–H groups in total. The molecular formula is C25H29Cl2N5O. The minimum atomic E-state index is -0.0193. The maximum Gasteiger partial charge on any atom is 0.246 e. The van der Waals surface area contributed by atoms with Crippen LogP contribution < -0.4 is 4.90 Å². The van der Waals surface area contributed by atoms with E-state index in [0.29, 0.717) is 23.1 Å². The van der Waals surface area contributed by atoms with E-state index >= 15 is 0 Å². The van der Waals surface area contributed by atoms with Crippen molar-refractivity contribution in [3.63, 3.8) is 0 Å². The number of fused-ring (bicyclic) bond motifs is 1. The summed E-state index contributed by atoms with van der Waals surface area (Å²) in [5, 5.41) is 1.11. The molecule has 3 aliphatic rings. The van der Waals surface area contributed by atoms with Gasteiger partial charge in [0.05, 0.1) is 5.69 Å². The Labute approximate surface area is 205 Å². The fourth-order valence-electron chi connectivity index (χ4n) is 4.78. The molecule has 6 nitrogen and oxygen atoms in total. The lowest BCUT2D eigenvalue weighted by atomic mass is 9.91. The first-order valence-corrected chi connectivity index (χ1v) is 12.6. The van der Waals surface area contributed by atoms with Gasteiger partial charge in [0.1, 0.15) is 0 Å². The van der Waals surface area contributed by atoms with Gasteiger partial charge < -0.3 is 9.80 Å². The Balaban J connectivity index is 1.20. The molecule has 2 fully saturated rings. The van der Waals surface area contributed by atoms with Crippen LogP contribution in [0.5, 0.6) is 0 Å². The zero-order chi connectivity index (χ0) is 22.8. The molecule has 0 spiro atoms. The number of amides is 1. The summed E-state index contributed by atoms with van der Waals surface area (Å²) in [5.41, 5.74) is 2.99. The number of carbonyl (C=O) groups excluding carboxylic acids is 1. The minimum absolute atomic E-state index is 0.0193. The average molecular weight is 486 g/mol. The van der Waals surface area contributed by atoms with Crippen molar-refractivity contribution in [1.29, 1.82) is 0 Å². The van der Waals surface area contributed by atoms with Crippen molar-refractivity contribution in [1.82, 2.24) is 19.8 Å². The quantitative estimate of drug-likeness (QED) is 0.610. The molecule has 0 unspecified atom stereocenters. The maximum absolute atomic E-state index is 12.8. The first-order chi connectivity index (χ1) is 16.1. The molecule has 1 saturated carbocycles. The van der Waals surface area contributed by atoms with Crippen molar-refractivity contribution in [3.8, 4) is 0 Å². The van der Waals surface area contributed by atoms with E-state index in [2.05, 4.69) is 14.8 Å². The summed E-state index contributed by atoms with van der Waals surface area (Å²) in [5.74, 6) is 0.813. The molecule has 1 aromatic heterocycles. The lowest BCUT2D eigenvalue weighted by molar-refractivity contribution is -0.125. The predicted octanol–water partition coefficient (Wildman–Crippen LogP) is 4.10. The third-order valence-corrected chi connectivity index (χ3v) is 7.64. The molecule has 1 aromatic carbocycles. The second-order valence-electron chi connectivity index (χ2n) is 9.07. The summed E-state index contributed by atoms with van der Waals surface area (Å²) in [6.07, 6.45) is 10.9. The highest BCUT2D eigenvalue weighted by atomic mass is 35.5. The predicted molar refractivity (Wildman–Crippen MR) is 133 cm³/mol. The highest BCUT2D eigenvalue weighted by Crippen LogP contribution is 2.27. The van der Waals surface area contributed by atoms with Crippen molar-refractivity contribution in [2.45, 2.75) is 38.1 Å². The lowest BCUT2D eigenvalue weighted by Gasteiger charge is -2.43. The van der Waals surface area contributed by atoms with Crippen molar-refractivity contribution in [3.05, 3.63) is 57.3 Å². The van der Waals surface area contributed by atoms with E-state index in [1.54, 1.807) is 24.3 Å². The SMILES string of the molecule is O=C(C=Cc1ccc(Cl)cc1Cl)N1CCc2cnc(N3CCN(C4CCC4)CC3)nc2CC1. The number of hydrogen-bond acceptors (Lipinski definition) is 5. The first kappa shape index (κ1) is 22.6. The van der Waals surface area contributed by atoms with E-state index < -0.39 is 0 Å². The van der Waals surface area contributed by atoms with Crippen LogP contribution in [0.4, 0.5) is 5.95 Å². The summed E-state index contributed by atoms with van der Waals surface area (Å²) in [6.45, 7) is 5.47. The van der Waals surface area contributed by atoms with Gasteiger partial charge in [0.2, 0.25) is 11.9 Å². The van der Waals surface area contributed by atoms with Crippen LogP contribution in [0.25, 0.3) is 6.08 Å². The van der Waals surface area contributed by atoms with Gasteiger partial charge in [-0.05, 0) is 48.6 Å². The molecule has 1 amide bonds. The molecule has 33 heavy (non-hydrogen) atoms. The largest absolute Gasteiger partial charge is 0.338 e. The molecule has 2 aromatic rings. The van der Waals surface area contributed by atoms with Crippen molar-refractivity contribution < 1.29 is 4.79 Å². The Hall–Kier alpha value is -2.15. The summed E-state index contributed by atoms with van der Waals surface area (Å²) in [6, 6.07) is 6.06. The Bertz CT molecular complexity index is 1050. The molecule has 5 rings (SSSR count). The van der Waals surface area contributed by atoms with Crippen molar-refractivity contribution >= 4 is 41.1 Å². The number of piperazine rings is 1. The van der Waals surface area contributed by atoms with Gasteiger partial charge >= 0.3 is 0 Å². The number of rotatable bonds is 4. The van der Waals surface area contributed by atoms with Crippen LogP contribution in [-0.4, -0.2) is 71.0 Å². The number of aromatic nitrogens is 2. The van der Waals surface area contributed by atoms with Crippen LogP contribution in [0.2, 0.25) is 10.0 Å². The zero-order valence-corrected chi connectivity index (χ0v) is 20.2. The Morgan fingerprint density at radius 3 is 2.55 bits per heavy atom. The number of nitrogens with zero attached hydrogens (tertiary/aromatic N) is 5. The Morgan fingerprint density at radius 1 is 1.03 bits per heavy atom. The zero-order valence-electron chi connectivity index (χ0n) is 18.7. The highest BCUT2D eigenvalue weighted by molar-refractivity contribution is 6.35. The molecule has 0 atom stereocenters. The molecular weight excluding hydrogens is 457 g/mol. The fourth-order valence-corrected chi connectivity index (χ4v) is 5.25. The second kappa shape index (κ2) is 10.00. The van der Waals surface area contributed by atoms with Gasteiger partial charge in [-0.2, -0.15) is 0 Å². The minimum Gasteiger partial charge on any atom is -0.338 e. The Kier molecular flexibility index (Phi) is 6.86. The highest BCUT2D eigenvalue weighted by Gasteiger charge is 2.29. The third-order valence-electron chi connectivity index (χ3n) is 7.08. The van der Waals surface area contributed by atoms with Gasteiger partial charge in [-0.1, -0.05) is 35.7 Å². The molecule has 0 bridgehead atoms. The van der Waals surface area contributed by atoms with Crippen LogP contribution in [0.1, 0.15) is 36.1 Å². The summed E-state index contributed by atoms with van der Waals surface area (Å²) in [7, 11) is 0. The fraction of sp³-hybridized carbons (Fsp3) is 0.480. The maximum atomic E-state index is 12.8. The van der Waals surface area contributed by atoms with E-state index in [-0.39, 0.29) is 5.91 Å². The summed E-state index contributed by atoms with van der Waals surface area (Å²) >= 11 is 12.2. The molecule has 1 aliphatic carbocycles. The van der Waals surface area contributed by atoms with Crippen molar-refractivity contribution in [2.24, 2.45) is 0 Å². The second-order valence-corrected chi connectivity index (χ2v) is 9.92. The van der Waals surface area contributed by atoms with Crippen LogP contribution in [0.3, 0.4) is 0 Å². The van der Waals surface area contributed by atoms with Crippen LogP contribution in [0.15, 0.2) is 30.5 Å². The standard InChI is InChI=1S/C25H29Cl2N5O/c26-20-6-4-18(22(27)16-20)5-7-24(33)31-10-8-19-17-28-25(29-23(19)9-11-31)32-14-12-30(13-15-32)21-2-1-3-21/h4-7,16-17,21H,1-3,8-15H2. The summed E-state index contributed by atoms with van der Waals surface area (Å²) in [4.78, 5) is 29.2. The van der Waals surface area contributed by atoms with E-state index in [1.165, 1.54) is 19.3 Å². The van der Waals surface area contributed by atoms with Crippen LogP contribution in [-0.2, 0) is 17.6 Å². The van der Waals surface area contributed by atoms with Gasteiger partial charge in [-0.3, -0.25) is 9.69 Å². The molecule has 2 aliphatic heterocycles. The van der Waals surface area contributed by atoms with Gasteiger partial charge in [0.15, 0.2) is 0 Å². The number of carbonyl (C=O) groups is 1. The number of anilines is 1. The van der Waals surface area contributed by atoms with Crippen LogP contribution in [0, 0.1) is 0 Å². The number of hydrogen-bond donors (Lipinski definition) is 0. The molecule has 8 heteroatoms. The normalized spacial score (nSPS) is 19.9. The average Bonchev–Trinajstić information content (AvgIpc) is 3.00. The number of benzene rings is 1. The van der Waals surface area contributed by atoms with E-state index in [4.69, 9.17) is 28.2 Å². The topological polar surface area (TPSA) is 52.6 Å². The van der Waals surface area contributed by atoms with Crippen LogP contribution >= 0.6 is 23.2 Å². The van der Waals surface area contributed by atoms with Gasteiger partial charge in [0, 0.05) is 74.0 Å². The smallest absolute Gasteiger partial charge is 0.246 e. The molecule has 174 valence electrons. The van der Waals surface area contributed by atoms with Gasteiger partial charge in [-0.25, -0.2) is 9.97 Å². The number of halogens is 2. The monoisotopic (exact) mass is 485 g/mol. The third kappa shape index (κ3) is 5.18. The van der Waals surface area contributed by atoms with Gasteiger partial charge in [-0.15, -0.1) is 0 Å². The van der Waals surface area contributed by atoms with Gasteiger partial charge in [0.25, 0.3) is 0 Å². The first-order valence-electron chi connectivity index (χ1n) is 11.8. The lowest BCUT2D eigenvalue weighted by Crippen LogP contribution is -2.52. The summed E-state index contributed by atoms with van der Waals surface area (Å²) < 4.78 is 0. The van der Waals surface area contributed by atoms with E-state index in [1.807, 2.05) is 17.2 Å². The van der Waals surface area contributed by atoms with E-state index in [0.717, 1.165) is 67.8 Å². The Morgan fingerprint density at radius 2 is 1.82 bits per heavy atom. The van der Waals surface area contributed by atoms with Crippen molar-refractivity contribution in [2.75, 3.05) is 44.2 Å². The van der Waals surface area contributed by atoms with E-state index in [9.17, 15) is 4.79 Å². The molecule has 1 saturated heterocycles.